The van der Waals surface area contributed by atoms with Crippen molar-refractivity contribution in [1.82, 2.24) is 19.8 Å². The number of fused-ring (bicyclic) bond motifs is 3. The van der Waals surface area contributed by atoms with E-state index in [1.165, 1.54) is 29.2 Å². The van der Waals surface area contributed by atoms with E-state index in [1.54, 1.807) is 37.8 Å². The van der Waals surface area contributed by atoms with E-state index in [4.69, 9.17) is 20.9 Å². The first-order valence-electron chi connectivity index (χ1n) is 17.3. The van der Waals surface area contributed by atoms with Gasteiger partial charge in [0, 0.05) is 30.4 Å². The van der Waals surface area contributed by atoms with Gasteiger partial charge in [-0.1, -0.05) is 30.2 Å². The standard InChI is InChI=1S/C39H39F3N6O3/c1-5-26-29(40)12-11-24-9-6-10-27(31(24)26)32-30(41)21-28-34(33(32)42)44-36(50-23-39-14-7-17-47(39)18-8-15-39)45-35(28)46-19-20-48(25(22-46)13-16-43)37(49)51-38(2,3)4/h1,6,9-12,21,25H,7-8,13-15,17-20,22-23H2,2-4H3/t25-/m0/s1. The van der Waals surface area contributed by atoms with Crippen molar-refractivity contribution in [2.24, 2.45) is 0 Å². The number of nitrogens with zero attached hydrogens (tertiary/aromatic N) is 6. The number of benzene rings is 3. The van der Waals surface area contributed by atoms with Crippen molar-refractivity contribution in [2.45, 2.75) is 70.1 Å². The first-order chi connectivity index (χ1) is 24.4. The van der Waals surface area contributed by atoms with Gasteiger partial charge in [-0.05, 0) is 82.6 Å². The first kappa shape index (κ1) is 34.4. The second-order valence-corrected chi connectivity index (χ2v) is 14.6. The van der Waals surface area contributed by atoms with E-state index < -0.39 is 40.8 Å². The summed E-state index contributed by atoms with van der Waals surface area (Å²) >= 11 is 0. The number of halogens is 3. The zero-order chi connectivity index (χ0) is 36.1. The number of carbonyl (C=O) groups excluding carboxylic acids is 1. The lowest BCUT2D eigenvalue weighted by Gasteiger charge is -2.41. The number of aromatic nitrogens is 2. The third-order valence-corrected chi connectivity index (χ3v) is 10.3. The molecule has 1 amide bonds. The van der Waals surface area contributed by atoms with E-state index in [0.29, 0.717) is 12.0 Å². The summed E-state index contributed by atoms with van der Waals surface area (Å²) in [5.41, 5.74) is -1.48. The highest BCUT2D eigenvalue weighted by atomic mass is 19.1. The molecule has 4 aromatic rings. The van der Waals surface area contributed by atoms with Crippen LogP contribution in [0.4, 0.5) is 23.8 Å². The molecule has 4 heterocycles. The lowest BCUT2D eigenvalue weighted by molar-refractivity contribution is 0.0145. The number of carbonyl (C=O) groups is 1. The van der Waals surface area contributed by atoms with Crippen LogP contribution < -0.4 is 9.64 Å². The fraction of sp³-hybridized carbons (Fsp3) is 0.436. The Bertz CT molecular complexity index is 2110. The molecule has 0 unspecified atom stereocenters. The van der Waals surface area contributed by atoms with Gasteiger partial charge in [0.15, 0.2) is 5.82 Å². The molecule has 51 heavy (non-hydrogen) atoms. The van der Waals surface area contributed by atoms with E-state index in [2.05, 4.69) is 21.9 Å². The minimum atomic E-state index is -0.972. The minimum absolute atomic E-state index is 0.00247. The Labute approximate surface area is 294 Å². The van der Waals surface area contributed by atoms with Gasteiger partial charge in [-0.25, -0.2) is 18.0 Å². The van der Waals surface area contributed by atoms with Crippen molar-refractivity contribution in [3.8, 4) is 35.6 Å². The summed E-state index contributed by atoms with van der Waals surface area (Å²) in [5, 5.41) is 10.5. The van der Waals surface area contributed by atoms with Crippen LogP contribution >= 0.6 is 0 Å². The molecule has 1 aromatic heterocycles. The highest BCUT2D eigenvalue weighted by Gasteiger charge is 2.45. The quantitative estimate of drug-likeness (QED) is 0.196. The molecule has 3 saturated heterocycles. The number of amides is 1. The number of piperazine rings is 1. The van der Waals surface area contributed by atoms with Crippen LogP contribution in [0, 0.1) is 41.1 Å². The van der Waals surface area contributed by atoms with Gasteiger partial charge < -0.3 is 19.3 Å². The molecule has 0 bridgehead atoms. The van der Waals surface area contributed by atoms with Crippen molar-refractivity contribution < 1.29 is 27.4 Å². The Balaban J connectivity index is 1.35. The molecule has 0 spiro atoms. The van der Waals surface area contributed by atoms with Gasteiger partial charge in [-0.2, -0.15) is 15.2 Å². The van der Waals surface area contributed by atoms with Crippen LogP contribution in [0.15, 0.2) is 36.4 Å². The lowest BCUT2D eigenvalue weighted by Crippen LogP contribution is -2.56. The molecular formula is C39H39F3N6O3. The molecule has 3 aromatic carbocycles. The molecule has 3 fully saturated rings. The maximum absolute atomic E-state index is 17.0. The van der Waals surface area contributed by atoms with E-state index in [-0.39, 0.29) is 70.8 Å². The fourth-order valence-corrected chi connectivity index (χ4v) is 7.96. The van der Waals surface area contributed by atoms with Crippen molar-refractivity contribution in [2.75, 3.05) is 44.2 Å². The molecule has 3 aliphatic heterocycles. The van der Waals surface area contributed by atoms with Crippen LogP contribution in [-0.4, -0.2) is 82.4 Å². The maximum atomic E-state index is 17.0. The van der Waals surface area contributed by atoms with Crippen LogP contribution in [0.5, 0.6) is 6.01 Å². The summed E-state index contributed by atoms with van der Waals surface area (Å²) in [6, 6.07) is 10.3. The SMILES string of the molecule is C#Cc1c(F)ccc2cccc(-c3c(F)cc4c(N5CCN(C(=O)OC(C)(C)C)[C@@H](CC#N)C5)nc(OCC56CCCN5CCC6)nc4c3F)c12. The van der Waals surface area contributed by atoms with Crippen molar-refractivity contribution in [3.63, 3.8) is 0 Å². The Morgan fingerprint density at radius 1 is 1.06 bits per heavy atom. The summed E-state index contributed by atoms with van der Waals surface area (Å²) in [6.45, 7) is 8.15. The Hall–Kier alpha value is -5.07. The smallest absolute Gasteiger partial charge is 0.410 e. The third-order valence-electron chi connectivity index (χ3n) is 10.3. The van der Waals surface area contributed by atoms with Gasteiger partial charge in [-0.3, -0.25) is 4.90 Å². The van der Waals surface area contributed by atoms with E-state index in [0.717, 1.165) is 38.8 Å². The highest BCUT2D eigenvalue weighted by molar-refractivity contribution is 6.03. The summed E-state index contributed by atoms with van der Waals surface area (Å²) in [7, 11) is 0. The average molecular weight is 697 g/mol. The zero-order valence-electron chi connectivity index (χ0n) is 28.9. The molecule has 12 heteroatoms. The summed E-state index contributed by atoms with van der Waals surface area (Å²) in [6.07, 6.45) is 9.19. The zero-order valence-corrected chi connectivity index (χ0v) is 28.9. The van der Waals surface area contributed by atoms with Crippen LogP contribution in [0.25, 0.3) is 32.8 Å². The fourth-order valence-electron chi connectivity index (χ4n) is 7.96. The summed E-state index contributed by atoms with van der Waals surface area (Å²) in [5.74, 6) is 0.00379. The van der Waals surface area contributed by atoms with E-state index in [9.17, 15) is 14.4 Å². The molecule has 264 valence electrons. The van der Waals surface area contributed by atoms with Gasteiger partial charge in [0.2, 0.25) is 0 Å². The Morgan fingerprint density at radius 3 is 2.53 bits per heavy atom. The number of hydrogen-bond donors (Lipinski definition) is 0. The molecule has 3 aliphatic rings. The molecule has 9 nitrogen and oxygen atoms in total. The maximum Gasteiger partial charge on any atom is 0.410 e. The monoisotopic (exact) mass is 696 g/mol. The average Bonchev–Trinajstić information content (AvgIpc) is 3.67. The van der Waals surface area contributed by atoms with Crippen molar-refractivity contribution in [1.29, 1.82) is 5.26 Å². The summed E-state index contributed by atoms with van der Waals surface area (Å²) < 4.78 is 60.2. The lowest BCUT2D eigenvalue weighted by atomic mass is 9.93. The predicted molar refractivity (Wildman–Crippen MR) is 188 cm³/mol. The molecule has 0 aliphatic carbocycles. The molecule has 0 radical (unpaired) electrons. The van der Waals surface area contributed by atoms with Crippen LogP contribution in [0.3, 0.4) is 0 Å². The molecule has 1 atom stereocenters. The van der Waals surface area contributed by atoms with Crippen molar-refractivity contribution >= 4 is 33.6 Å². The Morgan fingerprint density at radius 2 is 1.82 bits per heavy atom. The van der Waals surface area contributed by atoms with Crippen LogP contribution in [0.1, 0.15) is 58.4 Å². The van der Waals surface area contributed by atoms with E-state index in [1.807, 2.05) is 0 Å². The minimum Gasteiger partial charge on any atom is -0.461 e. The topological polar surface area (TPSA) is 94.8 Å². The van der Waals surface area contributed by atoms with E-state index >= 15 is 8.78 Å². The van der Waals surface area contributed by atoms with Gasteiger partial charge in [-0.15, -0.1) is 6.42 Å². The number of ether oxygens (including phenoxy) is 2. The second kappa shape index (κ2) is 13.2. The van der Waals surface area contributed by atoms with Gasteiger partial charge in [0.25, 0.3) is 0 Å². The molecular weight excluding hydrogens is 657 g/mol. The normalized spacial score (nSPS) is 18.9. The number of terminal acetylenes is 1. The van der Waals surface area contributed by atoms with Crippen LogP contribution in [0.2, 0.25) is 0 Å². The first-order valence-corrected chi connectivity index (χ1v) is 17.3. The largest absolute Gasteiger partial charge is 0.461 e. The summed E-state index contributed by atoms with van der Waals surface area (Å²) in [4.78, 5) is 28.1. The third kappa shape index (κ3) is 6.27. The number of anilines is 1. The number of nitriles is 1. The van der Waals surface area contributed by atoms with Gasteiger partial charge in [0.05, 0.1) is 35.2 Å². The number of rotatable bonds is 6. The number of hydrogen-bond acceptors (Lipinski definition) is 8. The van der Waals surface area contributed by atoms with Crippen molar-refractivity contribution in [3.05, 3.63) is 59.4 Å². The molecule has 0 saturated carbocycles. The van der Waals surface area contributed by atoms with Gasteiger partial charge in [0.1, 0.15) is 35.2 Å². The van der Waals surface area contributed by atoms with Gasteiger partial charge >= 0.3 is 12.1 Å². The predicted octanol–water partition coefficient (Wildman–Crippen LogP) is 7.20. The van der Waals surface area contributed by atoms with Crippen LogP contribution in [-0.2, 0) is 4.74 Å². The second-order valence-electron chi connectivity index (χ2n) is 14.6. The Kier molecular flexibility index (Phi) is 8.92. The molecule has 0 N–H and O–H groups in total. The highest BCUT2D eigenvalue weighted by Crippen LogP contribution is 2.42. The molecule has 7 rings (SSSR count).